The second-order valence-electron chi connectivity index (χ2n) is 8.49. The van der Waals surface area contributed by atoms with Crippen molar-refractivity contribution in [3.05, 3.63) is 40.6 Å². The minimum atomic E-state index is -0.0104. The number of likely N-dealkylation sites (tertiary alicyclic amines) is 1. The Labute approximate surface area is 194 Å². The van der Waals surface area contributed by atoms with Gasteiger partial charge in [-0.25, -0.2) is 9.67 Å². The highest BCUT2D eigenvalue weighted by atomic mass is 16.5. The molecule has 1 fully saturated rings. The minimum Gasteiger partial charge on any atom is -0.497 e. The van der Waals surface area contributed by atoms with Gasteiger partial charge in [-0.15, -0.1) is 5.10 Å². The predicted molar refractivity (Wildman–Crippen MR) is 126 cm³/mol. The lowest BCUT2D eigenvalue weighted by Crippen LogP contribution is -2.31. The minimum absolute atomic E-state index is 0.0104. The van der Waals surface area contributed by atoms with Crippen molar-refractivity contribution >= 4 is 16.9 Å². The molecule has 0 aliphatic carbocycles. The third kappa shape index (κ3) is 4.10. The molecule has 1 aliphatic heterocycles. The van der Waals surface area contributed by atoms with Gasteiger partial charge < -0.3 is 19.1 Å². The Morgan fingerprint density at radius 2 is 1.94 bits per heavy atom. The van der Waals surface area contributed by atoms with Gasteiger partial charge in [0.1, 0.15) is 11.5 Å². The molecule has 1 amide bonds. The number of carbonyl (C=O) groups is 1. The van der Waals surface area contributed by atoms with Gasteiger partial charge in [0.05, 0.1) is 32.8 Å². The molecule has 33 heavy (non-hydrogen) atoms. The summed E-state index contributed by atoms with van der Waals surface area (Å²) in [6.45, 7) is 4.79. The molecule has 1 aliphatic rings. The summed E-state index contributed by atoms with van der Waals surface area (Å²) in [5.41, 5.74) is 4.87. The van der Waals surface area contributed by atoms with Crippen LogP contribution < -0.4 is 14.2 Å². The van der Waals surface area contributed by atoms with Crippen LogP contribution in [0.4, 0.5) is 0 Å². The van der Waals surface area contributed by atoms with Crippen LogP contribution in [0.1, 0.15) is 47.7 Å². The van der Waals surface area contributed by atoms with E-state index in [1.54, 1.807) is 26.0 Å². The summed E-state index contributed by atoms with van der Waals surface area (Å²) in [4.78, 5) is 20.1. The monoisotopic (exact) mass is 452 g/mol. The highest BCUT2D eigenvalue weighted by Gasteiger charge is 2.32. The highest BCUT2D eigenvalue weighted by molar-refractivity contribution is 5.86. The Hall–Kier alpha value is -3.29. The van der Waals surface area contributed by atoms with Crippen LogP contribution in [0.25, 0.3) is 11.0 Å². The second kappa shape index (κ2) is 9.29. The van der Waals surface area contributed by atoms with Crippen molar-refractivity contribution in [2.75, 3.05) is 27.9 Å². The van der Waals surface area contributed by atoms with Crippen molar-refractivity contribution in [2.45, 2.75) is 45.6 Å². The zero-order chi connectivity index (χ0) is 23.7. The Balaban J connectivity index is 1.58. The normalized spacial score (nSPS) is 15.8. The number of hydrogen-bond donors (Lipinski definition) is 0. The first-order valence-corrected chi connectivity index (χ1v) is 11.3. The van der Waals surface area contributed by atoms with Gasteiger partial charge in [0.25, 0.3) is 0 Å². The summed E-state index contributed by atoms with van der Waals surface area (Å²) in [5.74, 6) is 2.25. The number of fused-ring (bicyclic) bond motifs is 1. The van der Waals surface area contributed by atoms with Gasteiger partial charge in [-0.1, -0.05) is 0 Å². The van der Waals surface area contributed by atoms with Crippen molar-refractivity contribution in [3.63, 3.8) is 0 Å². The molecular weight excluding hydrogens is 420 g/mol. The van der Waals surface area contributed by atoms with Crippen LogP contribution in [-0.4, -0.2) is 53.4 Å². The van der Waals surface area contributed by atoms with E-state index in [-0.39, 0.29) is 11.9 Å². The number of amides is 1. The fourth-order valence-electron chi connectivity index (χ4n) is 4.97. The quantitative estimate of drug-likeness (QED) is 0.541. The average molecular weight is 453 g/mol. The number of methoxy groups -OCH3 is 3. The van der Waals surface area contributed by atoms with E-state index in [1.165, 1.54) is 0 Å². The van der Waals surface area contributed by atoms with Crippen LogP contribution in [-0.2, 0) is 18.3 Å². The average Bonchev–Trinajstić information content (AvgIpc) is 3.43. The maximum absolute atomic E-state index is 13.4. The van der Waals surface area contributed by atoms with Crippen molar-refractivity contribution in [1.29, 1.82) is 0 Å². The molecule has 4 rings (SSSR count). The summed E-state index contributed by atoms with van der Waals surface area (Å²) < 4.78 is 18.2. The van der Waals surface area contributed by atoms with Crippen LogP contribution in [0.15, 0.2) is 18.2 Å². The molecule has 1 aromatic carbocycles. The fourth-order valence-corrected chi connectivity index (χ4v) is 4.97. The van der Waals surface area contributed by atoms with Crippen LogP contribution >= 0.6 is 0 Å². The molecule has 176 valence electrons. The molecule has 0 unspecified atom stereocenters. The summed E-state index contributed by atoms with van der Waals surface area (Å²) in [6.07, 6.45) is 2.92. The molecule has 0 N–H and O–H groups in total. The van der Waals surface area contributed by atoms with Gasteiger partial charge >= 0.3 is 0 Å². The Morgan fingerprint density at radius 3 is 2.64 bits per heavy atom. The summed E-state index contributed by atoms with van der Waals surface area (Å²) >= 11 is 0. The van der Waals surface area contributed by atoms with Crippen molar-refractivity contribution in [1.82, 2.24) is 19.7 Å². The lowest BCUT2D eigenvalue weighted by molar-refractivity contribution is -0.132. The fraction of sp³-hybridized carbons (Fsp3) is 0.480. The van der Waals surface area contributed by atoms with Crippen molar-refractivity contribution in [2.24, 2.45) is 7.05 Å². The smallest absolute Gasteiger partial charge is 0.242 e. The zero-order valence-corrected chi connectivity index (χ0v) is 20.3. The van der Waals surface area contributed by atoms with Crippen LogP contribution in [0.3, 0.4) is 0 Å². The molecule has 0 radical (unpaired) electrons. The van der Waals surface area contributed by atoms with E-state index < -0.39 is 0 Å². The summed E-state index contributed by atoms with van der Waals surface area (Å²) in [7, 11) is 6.79. The van der Waals surface area contributed by atoms with Gasteiger partial charge in [-0.2, -0.15) is 0 Å². The topological polar surface area (TPSA) is 78.7 Å². The molecule has 0 saturated carbocycles. The number of rotatable bonds is 7. The molecule has 1 atom stereocenters. The Kier molecular flexibility index (Phi) is 6.44. The first-order chi connectivity index (χ1) is 15.9. The third-order valence-corrected chi connectivity index (χ3v) is 6.67. The van der Waals surface area contributed by atoms with Gasteiger partial charge in [0.2, 0.25) is 11.8 Å². The molecule has 3 aromatic rings. The van der Waals surface area contributed by atoms with Crippen LogP contribution in [0.2, 0.25) is 0 Å². The number of nitrogens with zero attached hydrogens (tertiary/aromatic N) is 4. The molecular formula is C25H32N4O4. The number of carbonyl (C=O) groups excluding carboxylic acids is 1. The number of aromatic nitrogens is 3. The second-order valence-corrected chi connectivity index (χ2v) is 8.49. The maximum atomic E-state index is 13.4. The molecule has 8 heteroatoms. The highest BCUT2D eigenvalue weighted by Crippen LogP contribution is 2.39. The first-order valence-electron chi connectivity index (χ1n) is 11.3. The molecule has 0 spiro atoms. The lowest BCUT2D eigenvalue weighted by Gasteiger charge is -2.27. The molecule has 2 aromatic heterocycles. The molecule has 0 bridgehead atoms. The summed E-state index contributed by atoms with van der Waals surface area (Å²) in [6, 6.07) is 5.76. The van der Waals surface area contributed by atoms with E-state index in [4.69, 9.17) is 19.2 Å². The number of ether oxygens (including phenoxy) is 3. The van der Waals surface area contributed by atoms with Gasteiger partial charge in [0.15, 0.2) is 5.65 Å². The van der Waals surface area contributed by atoms with Crippen LogP contribution in [0.5, 0.6) is 17.4 Å². The predicted octanol–water partition coefficient (Wildman–Crippen LogP) is 3.91. The summed E-state index contributed by atoms with van der Waals surface area (Å²) in [5, 5.41) is 5.33. The Morgan fingerprint density at radius 1 is 1.15 bits per heavy atom. The van der Waals surface area contributed by atoms with Crippen LogP contribution in [0, 0.1) is 13.8 Å². The van der Waals surface area contributed by atoms with E-state index in [9.17, 15) is 4.79 Å². The number of hydrogen-bond acceptors (Lipinski definition) is 6. The van der Waals surface area contributed by atoms with E-state index in [2.05, 4.69) is 12.0 Å². The third-order valence-electron chi connectivity index (χ3n) is 6.67. The van der Waals surface area contributed by atoms with Crippen molar-refractivity contribution in [3.8, 4) is 17.4 Å². The zero-order valence-electron chi connectivity index (χ0n) is 20.3. The van der Waals surface area contributed by atoms with Gasteiger partial charge in [0, 0.05) is 31.3 Å². The van der Waals surface area contributed by atoms with E-state index in [0.29, 0.717) is 18.7 Å². The molecule has 1 saturated heterocycles. The van der Waals surface area contributed by atoms with E-state index in [1.807, 2.05) is 37.1 Å². The largest absolute Gasteiger partial charge is 0.497 e. The standard InChI is InChI=1S/C25H32N4O4/c1-15-18(16(2)26-24-23(15)25(33-6)27-28(24)3)10-12-22(30)29-13-7-8-20(29)19-14-17(31-4)9-11-21(19)32-5/h9,11,14,20H,7-8,10,12-13H2,1-6H3/t20-/m1/s1. The number of pyridine rings is 1. The van der Waals surface area contributed by atoms with E-state index >= 15 is 0 Å². The number of benzene rings is 1. The first kappa shape index (κ1) is 22.9. The van der Waals surface area contributed by atoms with E-state index in [0.717, 1.165) is 64.3 Å². The SMILES string of the molecule is COc1ccc(OC)c([C@H]2CCCN2C(=O)CCc2c(C)nc3c(c(OC)nn3C)c2C)c1. The van der Waals surface area contributed by atoms with Gasteiger partial charge in [-0.3, -0.25) is 4.79 Å². The molecule has 3 heterocycles. The lowest BCUT2D eigenvalue weighted by atomic mass is 9.99. The van der Waals surface area contributed by atoms with Gasteiger partial charge in [-0.05, 0) is 62.4 Å². The maximum Gasteiger partial charge on any atom is 0.242 e. The number of aryl methyl sites for hydroxylation is 3. The Bertz CT molecular complexity index is 1190. The van der Waals surface area contributed by atoms with Crippen molar-refractivity contribution < 1.29 is 19.0 Å². The molecule has 8 nitrogen and oxygen atoms in total.